The molecular formula is C14H29NS. The first-order valence-corrected chi connectivity index (χ1v) is 8.18. The van der Waals surface area contributed by atoms with Crippen molar-refractivity contribution in [3.8, 4) is 0 Å². The van der Waals surface area contributed by atoms with Gasteiger partial charge in [-0.2, -0.15) is 11.8 Å². The number of nitrogens with one attached hydrogen (secondary N) is 1. The molecule has 0 aliphatic heterocycles. The van der Waals surface area contributed by atoms with Gasteiger partial charge in [-0.25, -0.2) is 0 Å². The Morgan fingerprint density at radius 3 is 2.69 bits per heavy atom. The predicted octanol–water partition coefficient (Wildman–Crippen LogP) is 3.79. The van der Waals surface area contributed by atoms with Gasteiger partial charge in [-0.05, 0) is 55.2 Å². The maximum absolute atomic E-state index is 3.64. The van der Waals surface area contributed by atoms with Gasteiger partial charge in [0, 0.05) is 0 Å². The highest BCUT2D eigenvalue weighted by atomic mass is 32.2. The average molecular weight is 243 g/mol. The van der Waals surface area contributed by atoms with E-state index in [2.05, 4.69) is 37.8 Å². The van der Waals surface area contributed by atoms with Crippen molar-refractivity contribution < 1.29 is 0 Å². The molecule has 0 radical (unpaired) electrons. The van der Waals surface area contributed by atoms with Crippen LogP contribution >= 0.6 is 11.8 Å². The molecule has 0 saturated heterocycles. The molecule has 1 aliphatic carbocycles. The maximum atomic E-state index is 3.64. The summed E-state index contributed by atoms with van der Waals surface area (Å²) in [7, 11) is 0. The van der Waals surface area contributed by atoms with Crippen molar-refractivity contribution in [2.45, 2.75) is 46.5 Å². The second kappa shape index (κ2) is 8.41. The van der Waals surface area contributed by atoms with Crippen molar-refractivity contribution in [1.82, 2.24) is 5.32 Å². The van der Waals surface area contributed by atoms with Gasteiger partial charge < -0.3 is 5.32 Å². The quantitative estimate of drug-likeness (QED) is 0.651. The molecule has 0 bridgehead atoms. The van der Waals surface area contributed by atoms with E-state index in [1.807, 2.05) is 0 Å². The van der Waals surface area contributed by atoms with Crippen LogP contribution in [0.4, 0.5) is 0 Å². The lowest BCUT2D eigenvalue weighted by atomic mass is 9.93. The van der Waals surface area contributed by atoms with Crippen LogP contribution in [0.5, 0.6) is 0 Å². The summed E-state index contributed by atoms with van der Waals surface area (Å²) in [4.78, 5) is 0. The van der Waals surface area contributed by atoms with Gasteiger partial charge in [-0.15, -0.1) is 0 Å². The third kappa shape index (κ3) is 5.58. The summed E-state index contributed by atoms with van der Waals surface area (Å²) in [6.45, 7) is 9.29. The highest BCUT2D eigenvalue weighted by Crippen LogP contribution is 2.34. The summed E-state index contributed by atoms with van der Waals surface area (Å²) in [5.74, 6) is 5.43. The van der Waals surface area contributed by atoms with Gasteiger partial charge in [-0.3, -0.25) is 0 Å². The predicted molar refractivity (Wildman–Crippen MR) is 76.2 cm³/mol. The zero-order valence-electron chi connectivity index (χ0n) is 11.3. The lowest BCUT2D eigenvalue weighted by Gasteiger charge is -2.20. The molecule has 0 aromatic rings. The van der Waals surface area contributed by atoms with Crippen LogP contribution in [-0.4, -0.2) is 24.6 Å². The number of thioether (sulfide) groups is 1. The molecule has 2 heteroatoms. The monoisotopic (exact) mass is 243 g/mol. The second-order valence-electron chi connectivity index (χ2n) is 5.49. The summed E-state index contributed by atoms with van der Waals surface area (Å²) in [5.41, 5.74) is 0. The Balaban J connectivity index is 2.13. The van der Waals surface area contributed by atoms with Crippen molar-refractivity contribution in [2.24, 2.45) is 17.8 Å². The zero-order chi connectivity index (χ0) is 11.8. The fourth-order valence-electron chi connectivity index (χ4n) is 2.70. The van der Waals surface area contributed by atoms with E-state index in [0.717, 1.165) is 17.8 Å². The first kappa shape index (κ1) is 14.4. The Kier molecular flexibility index (Phi) is 7.55. The molecule has 0 amide bonds. The van der Waals surface area contributed by atoms with E-state index in [9.17, 15) is 0 Å². The lowest BCUT2D eigenvalue weighted by molar-refractivity contribution is 0.353. The van der Waals surface area contributed by atoms with Gasteiger partial charge in [-0.1, -0.05) is 33.6 Å². The minimum atomic E-state index is 0.788. The van der Waals surface area contributed by atoms with E-state index in [1.54, 1.807) is 0 Å². The largest absolute Gasteiger partial charge is 0.316 e. The van der Waals surface area contributed by atoms with Gasteiger partial charge >= 0.3 is 0 Å². The first-order chi connectivity index (χ1) is 7.74. The Morgan fingerprint density at radius 1 is 1.25 bits per heavy atom. The topological polar surface area (TPSA) is 12.0 Å². The number of hydrogen-bond donors (Lipinski definition) is 1. The minimum Gasteiger partial charge on any atom is -0.316 e. The Morgan fingerprint density at radius 2 is 2.00 bits per heavy atom. The molecule has 0 aromatic heterocycles. The van der Waals surface area contributed by atoms with E-state index in [-0.39, 0.29) is 0 Å². The van der Waals surface area contributed by atoms with Crippen LogP contribution < -0.4 is 5.32 Å². The molecule has 0 spiro atoms. The lowest BCUT2D eigenvalue weighted by Crippen LogP contribution is -2.28. The summed E-state index contributed by atoms with van der Waals surface area (Å²) in [6.07, 6.45) is 5.87. The first-order valence-electron chi connectivity index (χ1n) is 7.02. The number of hydrogen-bond acceptors (Lipinski definition) is 2. The molecule has 0 heterocycles. The van der Waals surface area contributed by atoms with Crippen molar-refractivity contribution >= 4 is 11.8 Å². The molecule has 1 rings (SSSR count). The summed E-state index contributed by atoms with van der Waals surface area (Å²) >= 11 is 2.11. The third-order valence-electron chi connectivity index (χ3n) is 3.61. The maximum Gasteiger partial charge on any atom is -0.00178 e. The molecule has 1 N–H and O–H groups in total. The molecule has 16 heavy (non-hydrogen) atoms. The van der Waals surface area contributed by atoms with Gasteiger partial charge in [0.15, 0.2) is 0 Å². The van der Waals surface area contributed by atoms with Crippen LogP contribution in [0.3, 0.4) is 0 Å². The van der Waals surface area contributed by atoms with E-state index >= 15 is 0 Å². The van der Waals surface area contributed by atoms with Crippen LogP contribution in [-0.2, 0) is 0 Å². The fraction of sp³-hybridized carbons (Fsp3) is 1.00. The Bertz CT molecular complexity index is 170. The Hall–Kier alpha value is 0.310. The van der Waals surface area contributed by atoms with Crippen LogP contribution in [0.1, 0.15) is 46.5 Å². The molecule has 96 valence electrons. The van der Waals surface area contributed by atoms with Crippen molar-refractivity contribution in [1.29, 1.82) is 0 Å². The molecule has 1 nitrogen and oxygen atoms in total. The molecular weight excluding hydrogens is 214 g/mol. The van der Waals surface area contributed by atoms with Crippen LogP contribution in [0, 0.1) is 17.8 Å². The molecule has 1 saturated carbocycles. The minimum absolute atomic E-state index is 0.788. The molecule has 1 fully saturated rings. The summed E-state index contributed by atoms with van der Waals surface area (Å²) < 4.78 is 0. The van der Waals surface area contributed by atoms with Crippen molar-refractivity contribution in [3.05, 3.63) is 0 Å². The van der Waals surface area contributed by atoms with Gasteiger partial charge in [0.05, 0.1) is 0 Å². The van der Waals surface area contributed by atoms with E-state index in [4.69, 9.17) is 0 Å². The molecule has 2 atom stereocenters. The van der Waals surface area contributed by atoms with Gasteiger partial charge in [0.25, 0.3) is 0 Å². The van der Waals surface area contributed by atoms with E-state index in [0.29, 0.717) is 0 Å². The zero-order valence-corrected chi connectivity index (χ0v) is 12.1. The molecule has 0 aromatic carbocycles. The summed E-state index contributed by atoms with van der Waals surface area (Å²) in [5, 5.41) is 3.64. The third-order valence-corrected chi connectivity index (χ3v) is 4.55. The average Bonchev–Trinajstić information content (AvgIpc) is 2.66. The molecule has 1 aliphatic rings. The van der Waals surface area contributed by atoms with E-state index in [1.165, 1.54) is 50.3 Å². The smallest absolute Gasteiger partial charge is 0.00178 e. The number of rotatable bonds is 8. The highest BCUT2D eigenvalue weighted by molar-refractivity contribution is 7.99. The van der Waals surface area contributed by atoms with Crippen LogP contribution in [0.2, 0.25) is 0 Å². The van der Waals surface area contributed by atoms with Crippen molar-refractivity contribution in [3.63, 3.8) is 0 Å². The highest BCUT2D eigenvalue weighted by Gasteiger charge is 2.26. The van der Waals surface area contributed by atoms with Crippen LogP contribution in [0.25, 0.3) is 0 Å². The second-order valence-corrected chi connectivity index (χ2v) is 6.88. The van der Waals surface area contributed by atoms with E-state index < -0.39 is 0 Å². The Labute approximate surface area is 106 Å². The fourth-order valence-corrected chi connectivity index (χ4v) is 3.46. The van der Waals surface area contributed by atoms with Crippen LogP contribution in [0.15, 0.2) is 0 Å². The van der Waals surface area contributed by atoms with Gasteiger partial charge in [0.1, 0.15) is 0 Å². The SMILES string of the molecule is CCSCCC1CCCC1CNCC(C)C. The molecule has 2 unspecified atom stereocenters. The normalized spacial score (nSPS) is 25.5. The standard InChI is InChI=1S/C14H29NS/c1-4-16-9-8-13-6-5-7-14(13)11-15-10-12(2)3/h12-15H,4-11H2,1-3H3. The van der Waals surface area contributed by atoms with Gasteiger partial charge in [0.2, 0.25) is 0 Å². The van der Waals surface area contributed by atoms with Crippen molar-refractivity contribution in [2.75, 3.05) is 24.6 Å². The summed E-state index contributed by atoms with van der Waals surface area (Å²) in [6, 6.07) is 0.